The van der Waals surface area contributed by atoms with Crippen molar-refractivity contribution in [2.45, 2.75) is 19.0 Å². The monoisotopic (exact) mass is 224 g/mol. The normalized spacial score (nSPS) is 15.9. The number of aryl methyl sites for hydroxylation is 1. The van der Waals surface area contributed by atoms with Gasteiger partial charge < -0.3 is 9.47 Å². The van der Waals surface area contributed by atoms with Crippen LogP contribution in [0.15, 0.2) is 18.2 Å². The fourth-order valence-electron chi connectivity index (χ4n) is 1.78. The summed E-state index contributed by atoms with van der Waals surface area (Å²) in [5, 5.41) is 0. The van der Waals surface area contributed by atoms with Crippen molar-refractivity contribution in [1.82, 2.24) is 0 Å². The molecule has 0 N–H and O–H groups in total. The van der Waals surface area contributed by atoms with Gasteiger partial charge in [0, 0.05) is 0 Å². The zero-order valence-electron chi connectivity index (χ0n) is 9.03. The Hall–Kier alpha value is -1.58. The van der Waals surface area contributed by atoms with Gasteiger partial charge in [-0.05, 0) is 36.1 Å². The number of carbonyl (C=O) groups is 1. The Morgan fingerprint density at radius 3 is 3.12 bits per heavy atom. The Labute approximate surface area is 93.2 Å². The summed E-state index contributed by atoms with van der Waals surface area (Å²) in [5.74, 6) is -0.0799. The van der Waals surface area contributed by atoms with Gasteiger partial charge in [-0.2, -0.15) is 0 Å². The zero-order chi connectivity index (χ0) is 11.5. The van der Waals surface area contributed by atoms with E-state index >= 15 is 0 Å². The molecule has 0 fully saturated rings. The Balaban J connectivity index is 2.26. The Morgan fingerprint density at radius 1 is 1.56 bits per heavy atom. The predicted octanol–water partition coefficient (Wildman–Crippen LogP) is 2.20. The molecule has 16 heavy (non-hydrogen) atoms. The first-order valence-corrected chi connectivity index (χ1v) is 5.20. The fourth-order valence-corrected chi connectivity index (χ4v) is 1.78. The summed E-state index contributed by atoms with van der Waals surface area (Å²) in [7, 11) is 1.18. The van der Waals surface area contributed by atoms with E-state index in [9.17, 15) is 9.18 Å². The molecule has 4 heteroatoms. The molecule has 2 rings (SSSR count). The summed E-state index contributed by atoms with van der Waals surface area (Å²) in [6, 6.07) is 4.95. The lowest BCUT2D eigenvalue weighted by Gasteiger charge is -2.18. The van der Waals surface area contributed by atoms with Crippen LogP contribution in [0.1, 0.15) is 23.7 Å². The topological polar surface area (TPSA) is 35.5 Å². The average molecular weight is 224 g/mol. The van der Waals surface area contributed by atoms with E-state index in [1.165, 1.54) is 7.11 Å². The summed E-state index contributed by atoms with van der Waals surface area (Å²) in [5.41, 5.74) is 1.28. The molecule has 0 radical (unpaired) electrons. The van der Waals surface area contributed by atoms with Crippen molar-refractivity contribution in [2.24, 2.45) is 0 Å². The highest BCUT2D eigenvalue weighted by molar-refractivity contribution is 5.76. The molecule has 1 unspecified atom stereocenters. The molecule has 1 aromatic carbocycles. The molecule has 1 heterocycles. The first-order valence-electron chi connectivity index (χ1n) is 5.20. The lowest BCUT2D eigenvalue weighted by molar-refractivity contribution is -0.146. The number of fused-ring (bicyclic) bond motifs is 1. The van der Waals surface area contributed by atoms with Crippen molar-refractivity contribution in [1.29, 1.82) is 0 Å². The first kappa shape index (κ1) is 10.9. The quantitative estimate of drug-likeness (QED) is 0.722. The molecular formula is C12H13FO3. The van der Waals surface area contributed by atoms with Crippen LogP contribution in [-0.2, 0) is 16.0 Å². The second-order valence-corrected chi connectivity index (χ2v) is 3.70. The van der Waals surface area contributed by atoms with Gasteiger partial charge in [0.2, 0.25) is 6.17 Å². The largest absolute Gasteiger partial charge is 0.493 e. The third-order valence-electron chi connectivity index (χ3n) is 2.63. The summed E-state index contributed by atoms with van der Waals surface area (Å²) >= 11 is 0. The zero-order valence-corrected chi connectivity index (χ0v) is 9.03. The first-order chi connectivity index (χ1) is 7.72. The van der Waals surface area contributed by atoms with Crippen molar-refractivity contribution < 1.29 is 18.7 Å². The number of rotatable bonds is 2. The summed E-state index contributed by atoms with van der Waals surface area (Å²) in [6.07, 6.45) is 0.0696. The van der Waals surface area contributed by atoms with Crippen LogP contribution in [0.5, 0.6) is 5.75 Å². The van der Waals surface area contributed by atoms with Crippen LogP contribution in [0.3, 0.4) is 0 Å². The highest BCUT2D eigenvalue weighted by Crippen LogP contribution is 2.29. The maximum atomic E-state index is 13.6. The number of esters is 1. The molecule has 3 nitrogen and oxygen atoms in total. The van der Waals surface area contributed by atoms with Gasteiger partial charge in [0.05, 0.1) is 13.7 Å². The van der Waals surface area contributed by atoms with Crippen LogP contribution in [-0.4, -0.2) is 19.7 Å². The molecule has 0 aromatic heterocycles. The molecular weight excluding hydrogens is 211 g/mol. The van der Waals surface area contributed by atoms with Crippen LogP contribution >= 0.6 is 0 Å². The molecule has 0 aliphatic carbocycles. The van der Waals surface area contributed by atoms with Gasteiger partial charge >= 0.3 is 5.97 Å². The van der Waals surface area contributed by atoms with Gasteiger partial charge in [0.1, 0.15) is 5.75 Å². The summed E-state index contributed by atoms with van der Waals surface area (Å²) in [6.45, 7) is 0.697. The molecule has 0 saturated carbocycles. The van der Waals surface area contributed by atoms with E-state index in [0.29, 0.717) is 12.2 Å². The van der Waals surface area contributed by atoms with Gasteiger partial charge in [0.15, 0.2) is 0 Å². The maximum absolute atomic E-state index is 13.6. The van der Waals surface area contributed by atoms with E-state index in [4.69, 9.17) is 4.74 Å². The third kappa shape index (κ3) is 2.01. The molecule has 86 valence electrons. The number of carbonyl (C=O) groups excluding carboxylic acids is 1. The van der Waals surface area contributed by atoms with Crippen molar-refractivity contribution >= 4 is 5.97 Å². The Kier molecular flexibility index (Phi) is 3.08. The van der Waals surface area contributed by atoms with Crippen molar-refractivity contribution in [2.75, 3.05) is 13.7 Å². The van der Waals surface area contributed by atoms with Gasteiger partial charge in [-0.3, -0.25) is 0 Å². The molecule has 0 spiro atoms. The minimum Gasteiger partial charge on any atom is -0.493 e. The number of benzene rings is 1. The minimum atomic E-state index is -1.71. The lowest BCUT2D eigenvalue weighted by Crippen LogP contribution is -2.12. The number of methoxy groups -OCH3 is 1. The molecule has 0 bridgehead atoms. The van der Waals surface area contributed by atoms with Gasteiger partial charge in [-0.25, -0.2) is 9.18 Å². The third-order valence-corrected chi connectivity index (χ3v) is 2.63. The van der Waals surface area contributed by atoms with E-state index < -0.39 is 12.1 Å². The summed E-state index contributed by atoms with van der Waals surface area (Å²) < 4.78 is 23.4. The lowest BCUT2D eigenvalue weighted by atomic mass is 10.0. The standard InChI is InChI=1S/C12H13FO3/c1-15-12(14)11(13)9-4-5-10-8(7-9)3-2-6-16-10/h4-5,7,11H,2-3,6H2,1H3. The van der Waals surface area contributed by atoms with Crippen LogP contribution in [0.2, 0.25) is 0 Å². The number of ether oxygens (including phenoxy) is 2. The van der Waals surface area contributed by atoms with Crippen molar-refractivity contribution in [3.8, 4) is 5.75 Å². The van der Waals surface area contributed by atoms with Crippen LogP contribution < -0.4 is 4.74 Å². The van der Waals surface area contributed by atoms with Gasteiger partial charge in [0.25, 0.3) is 0 Å². The predicted molar refractivity (Wildman–Crippen MR) is 56.1 cm³/mol. The number of hydrogen-bond donors (Lipinski definition) is 0. The van der Waals surface area contributed by atoms with Crippen molar-refractivity contribution in [3.05, 3.63) is 29.3 Å². The van der Waals surface area contributed by atoms with Crippen LogP contribution in [0.4, 0.5) is 4.39 Å². The van der Waals surface area contributed by atoms with Crippen LogP contribution in [0.25, 0.3) is 0 Å². The minimum absolute atomic E-state index is 0.330. The molecule has 1 atom stereocenters. The van der Waals surface area contributed by atoms with E-state index in [2.05, 4.69) is 4.74 Å². The molecule has 0 amide bonds. The van der Waals surface area contributed by atoms with Gasteiger partial charge in [-0.15, -0.1) is 0 Å². The highest BCUT2D eigenvalue weighted by Gasteiger charge is 2.22. The van der Waals surface area contributed by atoms with Crippen LogP contribution in [0, 0.1) is 0 Å². The fraction of sp³-hybridized carbons (Fsp3) is 0.417. The Bertz CT molecular complexity index is 403. The summed E-state index contributed by atoms with van der Waals surface area (Å²) in [4.78, 5) is 11.1. The van der Waals surface area contributed by atoms with Crippen molar-refractivity contribution in [3.63, 3.8) is 0 Å². The molecule has 1 aliphatic heterocycles. The van der Waals surface area contributed by atoms with E-state index in [1.807, 2.05) is 0 Å². The second-order valence-electron chi connectivity index (χ2n) is 3.70. The van der Waals surface area contributed by atoms with E-state index in [-0.39, 0.29) is 0 Å². The number of alkyl halides is 1. The second kappa shape index (κ2) is 4.51. The van der Waals surface area contributed by atoms with E-state index in [0.717, 1.165) is 24.2 Å². The van der Waals surface area contributed by atoms with Gasteiger partial charge in [-0.1, -0.05) is 6.07 Å². The number of hydrogen-bond acceptors (Lipinski definition) is 3. The highest BCUT2D eigenvalue weighted by atomic mass is 19.1. The molecule has 1 aromatic rings. The van der Waals surface area contributed by atoms with E-state index in [1.54, 1.807) is 18.2 Å². The maximum Gasteiger partial charge on any atom is 0.345 e. The molecule has 1 aliphatic rings. The molecule has 0 saturated heterocycles. The Morgan fingerprint density at radius 2 is 2.38 bits per heavy atom. The SMILES string of the molecule is COC(=O)C(F)c1ccc2c(c1)CCCO2. The smallest absolute Gasteiger partial charge is 0.345 e. The number of halogens is 1. The average Bonchev–Trinajstić information content (AvgIpc) is 2.36.